The Morgan fingerprint density at radius 3 is 3.00 bits per heavy atom. The predicted octanol–water partition coefficient (Wildman–Crippen LogP) is 0.416. The average Bonchev–Trinajstić information content (AvgIpc) is 1.64. The molecule has 1 unspecified atom stereocenters. The average molecular weight is 112 g/mol. The summed E-state index contributed by atoms with van der Waals surface area (Å²) in [6.07, 6.45) is 3.27. The van der Waals surface area contributed by atoms with Gasteiger partial charge in [-0.3, -0.25) is 0 Å². The van der Waals surface area contributed by atoms with Crippen LogP contribution in [0, 0.1) is 5.92 Å². The summed E-state index contributed by atoms with van der Waals surface area (Å²) in [6, 6.07) is 0. The molecule has 0 aromatic rings. The molecular weight excluding hydrogens is 100 g/mol. The van der Waals surface area contributed by atoms with Gasteiger partial charge in [0.15, 0.2) is 0 Å². The third-order valence-electron chi connectivity index (χ3n) is 1.39. The molecule has 0 bridgehead atoms. The van der Waals surface area contributed by atoms with Crippen molar-refractivity contribution < 1.29 is 0 Å². The molecule has 0 aliphatic carbocycles. The van der Waals surface area contributed by atoms with Gasteiger partial charge in [0.25, 0.3) is 0 Å². The van der Waals surface area contributed by atoms with Gasteiger partial charge in [0, 0.05) is 6.54 Å². The molecule has 0 radical (unpaired) electrons. The van der Waals surface area contributed by atoms with Crippen LogP contribution in [0.1, 0.15) is 13.3 Å². The van der Waals surface area contributed by atoms with Crippen molar-refractivity contribution in [3.63, 3.8) is 0 Å². The van der Waals surface area contributed by atoms with Crippen LogP contribution in [0.25, 0.3) is 0 Å². The molecule has 0 fully saturated rings. The quantitative estimate of drug-likeness (QED) is 0.476. The zero-order chi connectivity index (χ0) is 5.98. The van der Waals surface area contributed by atoms with Gasteiger partial charge in [0.1, 0.15) is 0 Å². The van der Waals surface area contributed by atoms with E-state index in [9.17, 15) is 0 Å². The van der Waals surface area contributed by atoms with Gasteiger partial charge in [-0.1, -0.05) is 6.92 Å². The van der Waals surface area contributed by atoms with Crippen LogP contribution >= 0.6 is 0 Å². The van der Waals surface area contributed by atoms with Gasteiger partial charge in [-0.15, -0.1) is 0 Å². The largest absolute Gasteiger partial charge is 0.386 e. The molecule has 0 aromatic heterocycles. The maximum Gasteiger partial charge on any atom is 0.0921 e. The number of hydrogen-bond donors (Lipinski definition) is 2. The van der Waals surface area contributed by atoms with Gasteiger partial charge < -0.3 is 11.1 Å². The molecule has 46 valence electrons. The number of nitrogens with two attached hydrogens (primary N) is 1. The van der Waals surface area contributed by atoms with Crippen LogP contribution in [0.2, 0.25) is 0 Å². The fourth-order valence-electron chi connectivity index (χ4n) is 0.893. The Bertz CT molecular complexity index is 107. The molecule has 1 heterocycles. The second-order valence-corrected chi connectivity index (χ2v) is 2.31. The first-order valence-corrected chi connectivity index (χ1v) is 3.00. The second kappa shape index (κ2) is 2.07. The van der Waals surface area contributed by atoms with Gasteiger partial charge in [0.05, 0.1) is 5.82 Å². The third kappa shape index (κ3) is 1.15. The van der Waals surface area contributed by atoms with Crippen molar-refractivity contribution in [2.24, 2.45) is 11.7 Å². The molecule has 2 nitrogen and oxygen atoms in total. The molecular formula is C6H12N2. The monoisotopic (exact) mass is 112 g/mol. The van der Waals surface area contributed by atoms with Crippen LogP contribution in [0.15, 0.2) is 11.9 Å². The van der Waals surface area contributed by atoms with Gasteiger partial charge in [-0.05, 0) is 18.4 Å². The van der Waals surface area contributed by atoms with E-state index in [-0.39, 0.29) is 0 Å². The Labute approximate surface area is 49.8 Å². The Hall–Kier alpha value is -0.660. The van der Waals surface area contributed by atoms with Crippen molar-refractivity contribution in [2.45, 2.75) is 13.3 Å². The molecule has 8 heavy (non-hydrogen) atoms. The van der Waals surface area contributed by atoms with Crippen molar-refractivity contribution in [3.05, 3.63) is 11.9 Å². The van der Waals surface area contributed by atoms with E-state index in [2.05, 4.69) is 18.3 Å². The maximum absolute atomic E-state index is 5.48. The number of nitrogens with one attached hydrogen (secondary N) is 1. The highest BCUT2D eigenvalue weighted by Crippen LogP contribution is 2.07. The van der Waals surface area contributed by atoms with E-state index in [4.69, 9.17) is 5.73 Å². The summed E-state index contributed by atoms with van der Waals surface area (Å²) in [5, 5.41) is 3.05. The highest BCUT2D eigenvalue weighted by molar-refractivity contribution is 5.00. The Morgan fingerprint density at radius 1 is 1.88 bits per heavy atom. The summed E-state index contributed by atoms with van der Waals surface area (Å²) >= 11 is 0. The van der Waals surface area contributed by atoms with E-state index >= 15 is 0 Å². The lowest BCUT2D eigenvalue weighted by molar-refractivity contribution is 0.565. The lowest BCUT2D eigenvalue weighted by Crippen LogP contribution is -2.27. The summed E-state index contributed by atoms with van der Waals surface area (Å²) in [7, 11) is 0. The summed E-state index contributed by atoms with van der Waals surface area (Å²) in [5.74, 6) is 1.50. The molecule has 1 aliphatic heterocycles. The van der Waals surface area contributed by atoms with Gasteiger partial charge in [0.2, 0.25) is 0 Å². The van der Waals surface area contributed by atoms with E-state index in [0.29, 0.717) is 5.92 Å². The summed E-state index contributed by atoms with van der Waals surface area (Å²) < 4.78 is 0. The second-order valence-electron chi connectivity index (χ2n) is 2.31. The normalized spacial score (nSPS) is 28.6. The molecule has 0 amide bonds. The minimum atomic E-state index is 0.663. The number of allylic oxidation sites excluding steroid dienone is 1. The first-order valence-electron chi connectivity index (χ1n) is 3.00. The smallest absolute Gasteiger partial charge is 0.0921 e. The van der Waals surface area contributed by atoms with E-state index in [1.165, 1.54) is 6.42 Å². The SMILES string of the molecule is CC1C=C(N)NCC1. The lowest BCUT2D eigenvalue weighted by atomic mass is 10.1. The van der Waals surface area contributed by atoms with Crippen molar-refractivity contribution in [1.82, 2.24) is 5.32 Å². The first-order chi connectivity index (χ1) is 3.79. The zero-order valence-electron chi connectivity index (χ0n) is 5.15. The highest BCUT2D eigenvalue weighted by atomic mass is 15.0. The molecule has 0 spiro atoms. The van der Waals surface area contributed by atoms with Gasteiger partial charge >= 0.3 is 0 Å². The van der Waals surface area contributed by atoms with Crippen molar-refractivity contribution in [3.8, 4) is 0 Å². The van der Waals surface area contributed by atoms with Gasteiger partial charge in [-0.2, -0.15) is 0 Å². The zero-order valence-corrected chi connectivity index (χ0v) is 5.15. The van der Waals surface area contributed by atoms with Gasteiger partial charge in [-0.25, -0.2) is 0 Å². The molecule has 0 aromatic carbocycles. The molecule has 3 N–H and O–H groups in total. The maximum atomic E-state index is 5.48. The summed E-state index contributed by atoms with van der Waals surface area (Å²) in [5.41, 5.74) is 5.48. The van der Waals surface area contributed by atoms with Crippen molar-refractivity contribution in [2.75, 3.05) is 6.54 Å². The molecule has 2 heteroatoms. The van der Waals surface area contributed by atoms with E-state index in [0.717, 1.165) is 12.4 Å². The minimum Gasteiger partial charge on any atom is -0.386 e. The molecule has 0 saturated heterocycles. The lowest BCUT2D eigenvalue weighted by Gasteiger charge is -2.16. The van der Waals surface area contributed by atoms with Crippen LogP contribution in [-0.4, -0.2) is 6.54 Å². The first kappa shape index (κ1) is 5.48. The Kier molecular flexibility index (Phi) is 1.42. The molecule has 0 saturated carbocycles. The van der Waals surface area contributed by atoms with Crippen LogP contribution < -0.4 is 11.1 Å². The molecule has 1 atom stereocenters. The van der Waals surface area contributed by atoms with E-state index in [1.807, 2.05) is 0 Å². The molecule has 1 rings (SSSR count). The van der Waals surface area contributed by atoms with E-state index < -0.39 is 0 Å². The van der Waals surface area contributed by atoms with Crippen LogP contribution in [0.5, 0.6) is 0 Å². The summed E-state index contributed by atoms with van der Waals surface area (Å²) in [6.45, 7) is 3.21. The third-order valence-corrected chi connectivity index (χ3v) is 1.39. The number of hydrogen-bond acceptors (Lipinski definition) is 2. The fraction of sp³-hybridized carbons (Fsp3) is 0.667. The standard InChI is InChI=1S/C6H12N2/c1-5-2-3-8-6(7)4-5/h4-5,8H,2-3,7H2,1H3. The van der Waals surface area contributed by atoms with Crippen LogP contribution in [-0.2, 0) is 0 Å². The van der Waals surface area contributed by atoms with Crippen LogP contribution in [0.4, 0.5) is 0 Å². The topological polar surface area (TPSA) is 38.0 Å². The van der Waals surface area contributed by atoms with Crippen molar-refractivity contribution in [1.29, 1.82) is 0 Å². The Balaban J connectivity index is 2.50. The fourth-order valence-corrected chi connectivity index (χ4v) is 0.893. The predicted molar refractivity (Wildman–Crippen MR) is 34.1 cm³/mol. The number of rotatable bonds is 0. The molecule has 1 aliphatic rings. The Morgan fingerprint density at radius 2 is 2.62 bits per heavy atom. The van der Waals surface area contributed by atoms with Crippen LogP contribution in [0.3, 0.4) is 0 Å². The van der Waals surface area contributed by atoms with E-state index in [1.54, 1.807) is 0 Å². The summed E-state index contributed by atoms with van der Waals surface area (Å²) in [4.78, 5) is 0. The van der Waals surface area contributed by atoms with Crippen molar-refractivity contribution >= 4 is 0 Å². The highest BCUT2D eigenvalue weighted by Gasteiger charge is 2.03. The minimum absolute atomic E-state index is 0.663.